The molecule has 94 valence electrons. The number of thiazole rings is 1. The first kappa shape index (κ1) is 13.5. The Hall–Kier alpha value is -0.980. The molecule has 0 bridgehead atoms. The molecular formula is C12H11BrN2OS2. The number of carbonyl (C=O) groups is 1. The number of rotatable bonds is 4. The number of aryl methyl sites for hydroxylation is 1. The zero-order valence-electron chi connectivity index (χ0n) is 9.64. The number of hydrogen-bond acceptors (Lipinski definition) is 4. The van der Waals surface area contributed by atoms with Gasteiger partial charge in [0.05, 0.1) is 11.6 Å². The van der Waals surface area contributed by atoms with Crippen molar-refractivity contribution in [2.24, 2.45) is 0 Å². The smallest absolute Gasteiger partial charge is 0.244 e. The normalized spacial score (nSPS) is 11.0. The molecule has 0 atom stereocenters. The third-order valence-corrected chi connectivity index (χ3v) is 4.66. The summed E-state index contributed by atoms with van der Waals surface area (Å²) >= 11 is 6.55. The molecule has 0 aliphatic rings. The first-order chi connectivity index (χ1) is 8.63. The molecule has 18 heavy (non-hydrogen) atoms. The average molecular weight is 343 g/mol. The predicted molar refractivity (Wildman–Crippen MR) is 79.8 cm³/mol. The zero-order valence-corrected chi connectivity index (χ0v) is 12.9. The predicted octanol–water partition coefficient (Wildman–Crippen LogP) is 3.61. The van der Waals surface area contributed by atoms with Gasteiger partial charge in [0.15, 0.2) is 0 Å². The van der Waals surface area contributed by atoms with Gasteiger partial charge in [0.25, 0.3) is 0 Å². The third-order valence-electron chi connectivity index (χ3n) is 2.09. The summed E-state index contributed by atoms with van der Waals surface area (Å²) < 4.78 is 1.03. The molecule has 0 aliphatic carbocycles. The van der Waals surface area contributed by atoms with Crippen LogP contribution in [0.5, 0.6) is 0 Å². The fourth-order valence-corrected chi connectivity index (χ4v) is 3.37. The summed E-state index contributed by atoms with van der Waals surface area (Å²) in [5, 5.41) is 5.82. The Kier molecular flexibility index (Phi) is 4.68. The maximum Gasteiger partial charge on any atom is 0.244 e. The molecule has 3 nitrogen and oxygen atoms in total. The number of hydrogen-bond donors (Lipinski definition) is 1. The monoisotopic (exact) mass is 342 g/mol. The van der Waals surface area contributed by atoms with Gasteiger partial charge in [0.1, 0.15) is 0 Å². The number of nitrogens with one attached hydrogen (secondary N) is 1. The van der Waals surface area contributed by atoms with Crippen molar-refractivity contribution < 1.29 is 4.79 Å². The van der Waals surface area contributed by atoms with E-state index in [2.05, 4.69) is 26.2 Å². The Labute approximate surface area is 122 Å². The molecule has 0 radical (unpaired) electrons. The summed E-state index contributed by atoms with van der Waals surface area (Å²) in [7, 11) is 0. The lowest BCUT2D eigenvalue weighted by Gasteiger charge is -1.97. The number of halogens is 1. The Balaban J connectivity index is 1.83. The van der Waals surface area contributed by atoms with E-state index >= 15 is 0 Å². The van der Waals surface area contributed by atoms with Gasteiger partial charge < -0.3 is 5.32 Å². The van der Waals surface area contributed by atoms with Crippen LogP contribution in [-0.4, -0.2) is 10.9 Å². The Morgan fingerprint density at radius 3 is 3.06 bits per heavy atom. The molecule has 1 N–H and O–H groups in total. The Morgan fingerprint density at radius 2 is 2.44 bits per heavy atom. The summed E-state index contributed by atoms with van der Waals surface area (Å²) in [6.07, 6.45) is 5.15. The van der Waals surface area contributed by atoms with Gasteiger partial charge in [0.2, 0.25) is 5.91 Å². The van der Waals surface area contributed by atoms with Crippen LogP contribution in [0.25, 0.3) is 6.08 Å². The Bertz CT molecular complexity index is 574. The van der Waals surface area contributed by atoms with Gasteiger partial charge in [-0.25, -0.2) is 4.98 Å². The number of carbonyl (C=O) groups excluding carboxylic acids is 1. The molecule has 0 saturated heterocycles. The van der Waals surface area contributed by atoms with E-state index in [4.69, 9.17) is 0 Å². The lowest BCUT2D eigenvalue weighted by atomic mass is 10.4. The SMILES string of the molecule is Cc1ncc(CNC(=O)/C=C\c2cc(Br)cs2)s1. The van der Waals surface area contributed by atoms with E-state index in [-0.39, 0.29) is 5.91 Å². The van der Waals surface area contributed by atoms with Gasteiger partial charge in [-0.1, -0.05) is 0 Å². The van der Waals surface area contributed by atoms with E-state index in [1.165, 1.54) is 0 Å². The van der Waals surface area contributed by atoms with Crippen molar-refractivity contribution in [1.82, 2.24) is 10.3 Å². The summed E-state index contributed by atoms with van der Waals surface area (Å²) in [5.41, 5.74) is 0. The van der Waals surface area contributed by atoms with Crippen LogP contribution >= 0.6 is 38.6 Å². The lowest BCUT2D eigenvalue weighted by molar-refractivity contribution is -0.116. The van der Waals surface area contributed by atoms with E-state index in [0.717, 1.165) is 19.2 Å². The second-order valence-corrected chi connectivity index (χ2v) is 6.74. The van der Waals surface area contributed by atoms with E-state index in [1.807, 2.05) is 24.4 Å². The first-order valence-electron chi connectivity index (χ1n) is 5.25. The lowest BCUT2D eigenvalue weighted by Crippen LogP contribution is -2.19. The van der Waals surface area contributed by atoms with Crippen molar-refractivity contribution in [3.05, 3.63) is 43.0 Å². The molecule has 0 fully saturated rings. The van der Waals surface area contributed by atoms with Crippen molar-refractivity contribution in [2.45, 2.75) is 13.5 Å². The highest BCUT2D eigenvalue weighted by Gasteiger charge is 2.00. The molecule has 1 amide bonds. The number of aromatic nitrogens is 1. The molecule has 0 unspecified atom stereocenters. The van der Waals surface area contributed by atoms with Crippen molar-refractivity contribution >= 4 is 50.6 Å². The van der Waals surface area contributed by atoms with E-state index in [0.29, 0.717) is 6.54 Å². The number of thiophene rings is 1. The molecule has 0 spiro atoms. The van der Waals surface area contributed by atoms with Crippen molar-refractivity contribution in [3.8, 4) is 0 Å². The van der Waals surface area contributed by atoms with Crippen LogP contribution in [0.1, 0.15) is 14.8 Å². The maximum atomic E-state index is 11.6. The summed E-state index contributed by atoms with van der Waals surface area (Å²) in [4.78, 5) is 17.8. The van der Waals surface area contributed by atoms with Crippen LogP contribution in [-0.2, 0) is 11.3 Å². The summed E-state index contributed by atoms with van der Waals surface area (Å²) in [5.74, 6) is -0.0921. The van der Waals surface area contributed by atoms with Crippen LogP contribution in [0.3, 0.4) is 0 Å². The molecule has 2 heterocycles. The molecule has 2 rings (SSSR count). The quantitative estimate of drug-likeness (QED) is 0.862. The van der Waals surface area contributed by atoms with Gasteiger partial charge in [0, 0.05) is 31.9 Å². The highest BCUT2D eigenvalue weighted by Crippen LogP contribution is 2.20. The highest BCUT2D eigenvalue weighted by atomic mass is 79.9. The summed E-state index contributed by atoms with van der Waals surface area (Å²) in [6, 6.07) is 1.97. The van der Waals surface area contributed by atoms with E-state index < -0.39 is 0 Å². The number of amides is 1. The summed E-state index contributed by atoms with van der Waals surface area (Å²) in [6.45, 7) is 2.48. The highest BCUT2D eigenvalue weighted by molar-refractivity contribution is 9.10. The minimum atomic E-state index is -0.0921. The van der Waals surface area contributed by atoms with Crippen molar-refractivity contribution in [3.63, 3.8) is 0 Å². The van der Waals surface area contributed by atoms with Crippen LogP contribution in [0.15, 0.2) is 28.2 Å². The molecule has 2 aromatic heterocycles. The molecule has 0 aliphatic heterocycles. The van der Waals surface area contributed by atoms with Gasteiger partial charge >= 0.3 is 0 Å². The average Bonchev–Trinajstić information content (AvgIpc) is 2.93. The van der Waals surface area contributed by atoms with Crippen LogP contribution < -0.4 is 5.32 Å². The van der Waals surface area contributed by atoms with E-state index in [9.17, 15) is 4.79 Å². The first-order valence-corrected chi connectivity index (χ1v) is 7.73. The second kappa shape index (κ2) is 6.26. The molecular weight excluding hydrogens is 332 g/mol. The third kappa shape index (κ3) is 4.04. The fraction of sp³-hybridized carbons (Fsp3) is 0.167. The minimum Gasteiger partial charge on any atom is -0.348 e. The molecule has 0 aromatic carbocycles. The second-order valence-electron chi connectivity index (χ2n) is 3.56. The zero-order chi connectivity index (χ0) is 13.0. The molecule has 2 aromatic rings. The van der Waals surface area contributed by atoms with Gasteiger partial charge in [-0.3, -0.25) is 4.79 Å². The van der Waals surface area contributed by atoms with Gasteiger partial charge in [-0.2, -0.15) is 0 Å². The number of nitrogens with zero attached hydrogens (tertiary/aromatic N) is 1. The maximum absolute atomic E-state index is 11.6. The fourth-order valence-electron chi connectivity index (χ4n) is 1.29. The Morgan fingerprint density at radius 1 is 1.61 bits per heavy atom. The standard InChI is InChI=1S/C12H11BrN2OS2/c1-8-14-5-11(18-8)6-15-12(16)3-2-10-4-9(13)7-17-10/h2-5,7H,6H2,1H3,(H,15,16)/b3-2-. The topological polar surface area (TPSA) is 42.0 Å². The van der Waals surface area contributed by atoms with Crippen molar-refractivity contribution in [1.29, 1.82) is 0 Å². The minimum absolute atomic E-state index is 0.0921. The van der Waals surface area contributed by atoms with Gasteiger partial charge in [-0.05, 0) is 35.0 Å². The van der Waals surface area contributed by atoms with Crippen molar-refractivity contribution in [2.75, 3.05) is 0 Å². The largest absolute Gasteiger partial charge is 0.348 e. The molecule has 6 heteroatoms. The van der Waals surface area contributed by atoms with Gasteiger partial charge in [-0.15, -0.1) is 22.7 Å². The van der Waals surface area contributed by atoms with Crippen LogP contribution in [0.2, 0.25) is 0 Å². The van der Waals surface area contributed by atoms with Crippen LogP contribution in [0.4, 0.5) is 0 Å². The van der Waals surface area contributed by atoms with Crippen LogP contribution in [0, 0.1) is 6.92 Å². The molecule has 0 saturated carbocycles. The van der Waals surface area contributed by atoms with E-state index in [1.54, 1.807) is 34.9 Å².